The second-order valence-corrected chi connectivity index (χ2v) is 9.68. The monoisotopic (exact) mass is 637 g/mol. The molecule has 1 N–H and O–H groups in total. The van der Waals surface area contributed by atoms with Gasteiger partial charge in [0.1, 0.15) is 5.75 Å². The van der Waals surface area contributed by atoms with E-state index in [1.165, 1.54) is 7.11 Å². The van der Waals surface area contributed by atoms with Crippen LogP contribution in [0.3, 0.4) is 0 Å². The molecule has 1 heterocycles. The van der Waals surface area contributed by atoms with E-state index in [0.717, 1.165) is 11.1 Å². The Balaban J connectivity index is 1.81. The predicted octanol–water partition coefficient (Wildman–Crippen LogP) is 4.74. The Kier molecular flexibility index (Phi) is 7.13. The predicted molar refractivity (Wildman–Crippen MR) is 137 cm³/mol. The number of ketones is 1. The average molecular weight is 638 g/mol. The van der Waals surface area contributed by atoms with Crippen LogP contribution in [0.2, 0.25) is 0 Å². The van der Waals surface area contributed by atoms with Crippen LogP contribution in [-0.4, -0.2) is 38.0 Å². The molecule has 0 spiro atoms. The summed E-state index contributed by atoms with van der Waals surface area (Å²) in [5.41, 5.74) is 4.29. The third-order valence-electron chi connectivity index (χ3n) is 5.65. The minimum atomic E-state index is -0.646. The number of methoxy groups -OCH3 is 1. The largest absolute Gasteiger partial charge is 0.480 e. The van der Waals surface area contributed by atoms with Crippen LogP contribution in [0, 0.1) is 3.57 Å². The molecule has 9 heteroatoms. The molecular formula is C25H21BrINO6. The smallest absolute Gasteiger partial charge is 0.344 e. The number of esters is 2. The van der Waals surface area contributed by atoms with Crippen LogP contribution in [0.5, 0.6) is 5.75 Å². The van der Waals surface area contributed by atoms with Gasteiger partial charge in [-0.3, -0.25) is 4.79 Å². The molecule has 1 aliphatic carbocycles. The number of allylic oxidation sites excluding steroid dienone is 2. The maximum Gasteiger partial charge on any atom is 0.344 e. The highest BCUT2D eigenvalue weighted by Gasteiger charge is 2.43. The van der Waals surface area contributed by atoms with Gasteiger partial charge in [-0.15, -0.1) is 0 Å². The van der Waals surface area contributed by atoms with Gasteiger partial charge in [0.15, 0.2) is 12.4 Å². The van der Waals surface area contributed by atoms with E-state index in [9.17, 15) is 14.4 Å². The molecule has 0 unspecified atom stereocenters. The van der Waals surface area contributed by atoms with Gasteiger partial charge in [0.2, 0.25) is 0 Å². The average Bonchev–Trinajstić information content (AvgIpc) is 3.09. The molecule has 2 aromatic carbocycles. The van der Waals surface area contributed by atoms with Crippen molar-refractivity contribution in [2.75, 3.05) is 20.3 Å². The van der Waals surface area contributed by atoms with Crippen molar-refractivity contribution >= 4 is 61.9 Å². The molecule has 0 saturated carbocycles. The molecule has 0 aromatic heterocycles. The summed E-state index contributed by atoms with van der Waals surface area (Å²) < 4.78 is 17.0. The first-order chi connectivity index (χ1) is 16.3. The van der Waals surface area contributed by atoms with E-state index in [1.54, 1.807) is 26.0 Å². The zero-order chi connectivity index (χ0) is 24.6. The molecule has 1 atom stereocenters. The van der Waals surface area contributed by atoms with E-state index in [-0.39, 0.29) is 19.0 Å². The second kappa shape index (κ2) is 9.91. The number of hydrogen-bond donors (Lipinski definition) is 1. The molecule has 2 aromatic rings. The highest BCUT2D eigenvalue weighted by atomic mass is 127. The number of halogens is 2. The number of hydrogen-bond acceptors (Lipinski definition) is 7. The maximum absolute atomic E-state index is 13.5. The quantitative estimate of drug-likeness (QED) is 0.362. The van der Waals surface area contributed by atoms with Crippen molar-refractivity contribution < 1.29 is 28.6 Å². The Morgan fingerprint density at radius 1 is 1.18 bits per heavy atom. The summed E-state index contributed by atoms with van der Waals surface area (Å²) in [5, 5.41) is 3.26. The van der Waals surface area contributed by atoms with Crippen molar-refractivity contribution in [2.45, 2.75) is 19.8 Å². The van der Waals surface area contributed by atoms with Gasteiger partial charge >= 0.3 is 11.9 Å². The minimum Gasteiger partial charge on any atom is -0.480 e. The number of dihydropyridines is 1. The standard InChI is InChI=1S/C25H21BrINO6/c1-4-33-18(29)11-34-24-16(26)9-13(10-17(24)27)20-19(25(31)32-3)12(2)28-22-14-7-5-6-8-15(14)23(30)21(20)22/h5-10,20,28H,4,11H2,1-3H3/t20-/m0/s1. The minimum absolute atomic E-state index is 0.134. The fourth-order valence-corrected chi connectivity index (χ4v) is 6.03. The number of carbonyl (C=O) groups is 3. The summed E-state index contributed by atoms with van der Waals surface area (Å²) >= 11 is 5.63. The van der Waals surface area contributed by atoms with Gasteiger partial charge in [0, 0.05) is 28.3 Å². The van der Waals surface area contributed by atoms with E-state index in [1.807, 2.05) is 24.3 Å². The summed E-state index contributed by atoms with van der Waals surface area (Å²) in [4.78, 5) is 38.1. The number of benzene rings is 2. The summed E-state index contributed by atoms with van der Waals surface area (Å²) in [6, 6.07) is 11.0. The molecule has 34 heavy (non-hydrogen) atoms. The summed E-state index contributed by atoms with van der Waals surface area (Å²) in [6.45, 7) is 3.56. The Labute approximate surface area is 218 Å². The summed E-state index contributed by atoms with van der Waals surface area (Å²) in [6.07, 6.45) is 0. The third kappa shape index (κ3) is 4.26. The Bertz CT molecular complexity index is 1260. The van der Waals surface area contributed by atoms with Crippen LogP contribution in [0.1, 0.15) is 41.3 Å². The van der Waals surface area contributed by atoms with Crippen LogP contribution in [-0.2, 0) is 19.1 Å². The zero-order valence-electron chi connectivity index (χ0n) is 18.7. The molecule has 4 rings (SSSR count). The maximum atomic E-state index is 13.5. The first kappa shape index (κ1) is 24.5. The van der Waals surface area contributed by atoms with Gasteiger partial charge in [-0.2, -0.15) is 0 Å². The van der Waals surface area contributed by atoms with Crippen LogP contribution in [0.25, 0.3) is 5.70 Å². The van der Waals surface area contributed by atoms with Crippen molar-refractivity contribution in [3.05, 3.63) is 78.0 Å². The topological polar surface area (TPSA) is 90.9 Å². The van der Waals surface area contributed by atoms with Crippen molar-refractivity contribution in [3.8, 4) is 5.75 Å². The number of ether oxygens (including phenoxy) is 3. The van der Waals surface area contributed by atoms with Gasteiger partial charge in [-0.1, -0.05) is 24.3 Å². The van der Waals surface area contributed by atoms with Crippen molar-refractivity contribution in [3.63, 3.8) is 0 Å². The molecule has 0 bridgehead atoms. The van der Waals surface area contributed by atoms with Crippen molar-refractivity contribution in [1.29, 1.82) is 0 Å². The molecule has 7 nitrogen and oxygen atoms in total. The zero-order valence-corrected chi connectivity index (χ0v) is 22.4. The van der Waals surface area contributed by atoms with Gasteiger partial charge in [0.05, 0.1) is 33.0 Å². The molecule has 0 saturated heterocycles. The van der Waals surface area contributed by atoms with Crippen LogP contribution < -0.4 is 10.1 Å². The number of carbonyl (C=O) groups excluding carboxylic acids is 3. The first-order valence-electron chi connectivity index (χ1n) is 10.5. The molecule has 0 amide bonds. The summed E-state index contributed by atoms with van der Waals surface area (Å²) in [5.74, 6) is -1.29. The van der Waals surface area contributed by atoms with E-state index in [2.05, 4.69) is 43.8 Å². The number of rotatable bonds is 6. The lowest BCUT2D eigenvalue weighted by atomic mass is 9.80. The van der Waals surface area contributed by atoms with Gasteiger partial charge in [-0.25, -0.2) is 9.59 Å². The van der Waals surface area contributed by atoms with Crippen molar-refractivity contribution in [2.24, 2.45) is 0 Å². The number of fused-ring (bicyclic) bond motifs is 2. The van der Waals surface area contributed by atoms with Crippen LogP contribution in [0.4, 0.5) is 0 Å². The molecule has 1 aliphatic heterocycles. The van der Waals surface area contributed by atoms with E-state index < -0.39 is 17.9 Å². The van der Waals surface area contributed by atoms with E-state index in [4.69, 9.17) is 14.2 Å². The summed E-state index contributed by atoms with van der Waals surface area (Å²) in [7, 11) is 1.32. The lowest BCUT2D eigenvalue weighted by Crippen LogP contribution is -2.29. The molecular weight excluding hydrogens is 617 g/mol. The Hall–Kier alpha value is -2.66. The SMILES string of the molecule is CCOC(=O)COc1c(Br)cc([C@H]2C(C(=O)OC)=C(C)NC3=C2C(=O)c2ccccc23)cc1I. The number of Topliss-reactive ketones (excluding diaryl/α,β-unsaturated/α-hetero) is 1. The number of nitrogens with one attached hydrogen (secondary N) is 1. The second-order valence-electron chi connectivity index (χ2n) is 7.66. The fraction of sp³-hybridized carbons (Fsp3) is 0.240. The molecule has 0 fully saturated rings. The molecule has 176 valence electrons. The van der Waals surface area contributed by atoms with Crippen molar-refractivity contribution in [1.82, 2.24) is 5.32 Å². The van der Waals surface area contributed by atoms with E-state index in [0.29, 0.717) is 41.9 Å². The first-order valence-corrected chi connectivity index (χ1v) is 12.4. The van der Waals surface area contributed by atoms with Gasteiger partial charge < -0.3 is 19.5 Å². The van der Waals surface area contributed by atoms with Crippen LogP contribution >= 0.6 is 38.5 Å². The normalized spacial score (nSPS) is 16.6. The lowest BCUT2D eigenvalue weighted by molar-refractivity contribution is -0.145. The Morgan fingerprint density at radius 3 is 2.53 bits per heavy atom. The van der Waals surface area contributed by atoms with Crippen LogP contribution in [0.15, 0.2) is 57.7 Å². The van der Waals surface area contributed by atoms with Gasteiger partial charge in [0.25, 0.3) is 0 Å². The molecule has 0 radical (unpaired) electrons. The van der Waals surface area contributed by atoms with Gasteiger partial charge in [-0.05, 0) is 70.1 Å². The highest BCUT2D eigenvalue weighted by molar-refractivity contribution is 14.1. The molecule has 2 aliphatic rings. The fourth-order valence-electron chi connectivity index (χ4n) is 4.26. The highest BCUT2D eigenvalue weighted by Crippen LogP contribution is 2.48. The Morgan fingerprint density at radius 2 is 1.88 bits per heavy atom. The van der Waals surface area contributed by atoms with E-state index >= 15 is 0 Å². The lowest BCUT2D eigenvalue weighted by Gasteiger charge is -2.29. The third-order valence-corrected chi connectivity index (χ3v) is 7.04.